The first-order chi connectivity index (χ1) is 12.3. The minimum Gasteiger partial charge on any atom is -0.337 e. The van der Waals surface area contributed by atoms with Crippen LogP contribution >= 0.6 is 0 Å². The number of carbonyl (C=O) groups excluding carboxylic acids is 1. The smallest absolute Gasteiger partial charge is 0.271 e. The van der Waals surface area contributed by atoms with Gasteiger partial charge in [-0.25, -0.2) is 0 Å². The van der Waals surface area contributed by atoms with E-state index in [0.29, 0.717) is 11.6 Å². The molecule has 1 N–H and O–H groups in total. The third-order valence-corrected chi connectivity index (χ3v) is 5.10. The lowest BCUT2D eigenvalue weighted by Crippen LogP contribution is -2.32. The van der Waals surface area contributed by atoms with Gasteiger partial charge in [0.25, 0.3) is 5.91 Å². The number of fused-ring (bicyclic) bond motifs is 1. The molecule has 5 nitrogen and oxygen atoms in total. The molecule has 2 aromatic heterocycles. The molecule has 4 rings (SSSR count). The zero-order chi connectivity index (χ0) is 17.1. The molecule has 1 aliphatic rings. The zero-order valence-electron chi connectivity index (χ0n) is 14.2. The zero-order valence-corrected chi connectivity index (χ0v) is 14.2. The Kier molecular flexibility index (Phi) is 4.46. The van der Waals surface area contributed by atoms with Crippen LogP contribution in [0.1, 0.15) is 35.3 Å². The van der Waals surface area contributed by atoms with Crippen molar-refractivity contribution in [2.45, 2.75) is 25.7 Å². The van der Waals surface area contributed by atoms with E-state index in [9.17, 15) is 4.79 Å². The van der Waals surface area contributed by atoms with Gasteiger partial charge in [-0.15, -0.1) is 0 Å². The number of carbonyl (C=O) groups is 1. The van der Waals surface area contributed by atoms with Crippen LogP contribution in [0.25, 0.3) is 10.8 Å². The normalized spacial score (nSPS) is 18.2. The van der Waals surface area contributed by atoms with Crippen molar-refractivity contribution in [1.29, 1.82) is 0 Å². The van der Waals surface area contributed by atoms with Gasteiger partial charge in [0.1, 0.15) is 5.69 Å². The lowest BCUT2D eigenvalue weighted by molar-refractivity contribution is 0.0754. The number of hydrogen-bond donors (Lipinski definition) is 1. The summed E-state index contributed by atoms with van der Waals surface area (Å²) in [6.07, 6.45) is 9.73. The molecule has 1 aliphatic heterocycles. The fraction of sp³-hybridized carbons (Fsp3) is 0.350. The predicted octanol–water partition coefficient (Wildman–Crippen LogP) is 3.44. The number of likely N-dealkylation sites (tertiary alicyclic amines) is 1. The Morgan fingerprint density at radius 1 is 1.12 bits per heavy atom. The number of benzene rings is 1. The highest BCUT2D eigenvalue weighted by molar-refractivity contribution is 5.92. The van der Waals surface area contributed by atoms with Crippen LogP contribution in [0.5, 0.6) is 0 Å². The van der Waals surface area contributed by atoms with E-state index in [0.717, 1.165) is 32.4 Å². The van der Waals surface area contributed by atoms with Gasteiger partial charge in [0.05, 0.1) is 0 Å². The summed E-state index contributed by atoms with van der Waals surface area (Å²) in [4.78, 5) is 18.6. The number of H-pyrrole nitrogens is 1. The molecule has 5 heteroatoms. The van der Waals surface area contributed by atoms with E-state index in [2.05, 4.69) is 39.4 Å². The summed E-state index contributed by atoms with van der Waals surface area (Å²) in [6, 6.07) is 10.5. The summed E-state index contributed by atoms with van der Waals surface area (Å²) in [5.74, 6) is 0.690. The summed E-state index contributed by atoms with van der Waals surface area (Å²) in [5, 5.41) is 9.09. The number of amides is 1. The van der Waals surface area contributed by atoms with Crippen LogP contribution < -0.4 is 0 Å². The second-order valence-corrected chi connectivity index (χ2v) is 6.82. The molecule has 0 saturated carbocycles. The van der Waals surface area contributed by atoms with E-state index in [1.54, 1.807) is 12.3 Å². The van der Waals surface area contributed by atoms with E-state index in [4.69, 9.17) is 0 Å². The molecule has 1 amide bonds. The second kappa shape index (κ2) is 7.05. The van der Waals surface area contributed by atoms with Gasteiger partial charge in [-0.3, -0.25) is 14.9 Å². The van der Waals surface area contributed by atoms with Gasteiger partial charge in [-0.1, -0.05) is 18.2 Å². The van der Waals surface area contributed by atoms with Crippen molar-refractivity contribution in [3.63, 3.8) is 0 Å². The van der Waals surface area contributed by atoms with Crippen molar-refractivity contribution in [2.75, 3.05) is 13.1 Å². The maximum Gasteiger partial charge on any atom is 0.271 e. The molecular weight excluding hydrogens is 312 g/mol. The van der Waals surface area contributed by atoms with Gasteiger partial charge in [0, 0.05) is 37.1 Å². The van der Waals surface area contributed by atoms with Crippen LogP contribution in [-0.2, 0) is 6.42 Å². The summed E-state index contributed by atoms with van der Waals surface area (Å²) in [7, 11) is 0. The van der Waals surface area contributed by atoms with Gasteiger partial charge in [-0.2, -0.15) is 5.10 Å². The van der Waals surface area contributed by atoms with Crippen LogP contribution in [0.15, 0.2) is 48.9 Å². The van der Waals surface area contributed by atoms with Crippen LogP contribution in [0.3, 0.4) is 0 Å². The number of hydrogen-bond acceptors (Lipinski definition) is 3. The maximum atomic E-state index is 12.5. The molecule has 1 fully saturated rings. The van der Waals surface area contributed by atoms with Crippen molar-refractivity contribution in [1.82, 2.24) is 20.1 Å². The first-order valence-corrected chi connectivity index (χ1v) is 8.91. The van der Waals surface area contributed by atoms with Gasteiger partial charge >= 0.3 is 0 Å². The van der Waals surface area contributed by atoms with Crippen molar-refractivity contribution >= 4 is 16.7 Å². The molecule has 128 valence electrons. The van der Waals surface area contributed by atoms with Gasteiger partial charge in [-0.05, 0) is 54.7 Å². The van der Waals surface area contributed by atoms with Crippen molar-refractivity contribution < 1.29 is 4.79 Å². The third kappa shape index (κ3) is 3.55. The molecular formula is C20H22N4O. The van der Waals surface area contributed by atoms with Gasteiger partial charge in [0.15, 0.2) is 0 Å². The number of nitrogens with one attached hydrogen (secondary N) is 1. The molecule has 0 aliphatic carbocycles. The monoisotopic (exact) mass is 334 g/mol. The SMILES string of the molecule is O=C(c1ccn[nH]1)N1CCC[C@H](Cc2ccc3cnccc3c2)CC1. The van der Waals surface area contributed by atoms with E-state index < -0.39 is 0 Å². The lowest BCUT2D eigenvalue weighted by atomic mass is 9.92. The Bertz CT molecular complexity index is 859. The summed E-state index contributed by atoms with van der Waals surface area (Å²) < 4.78 is 0. The maximum absolute atomic E-state index is 12.5. The number of nitrogens with zero attached hydrogens (tertiary/aromatic N) is 3. The topological polar surface area (TPSA) is 61.9 Å². The van der Waals surface area contributed by atoms with Crippen LogP contribution in [-0.4, -0.2) is 39.1 Å². The van der Waals surface area contributed by atoms with E-state index >= 15 is 0 Å². The Morgan fingerprint density at radius 3 is 2.96 bits per heavy atom. The van der Waals surface area contributed by atoms with Crippen molar-refractivity contribution in [3.05, 3.63) is 60.2 Å². The largest absolute Gasteiger partial charge is 0.337 e. The first kappa shape index (κ1) is 15.8. The highest BCUT2D eigenvalue weighted by Crippen LogP contribution is 2.24. The van der Waals surface area contributed by atoms with E-state index in [1.807, 2.05) is 17.3 Å². The first-order valence-electron chi connectivity index (χ1n) is 8.91. The Labute approximate surface area is 147 Å². The molecule has 0 unspecified atom stereocenters. The predicted molar refractivity (Wildman–Crippen MR) is 97.3 cm³/mol. The number of rotatable bonds is 3. The average molecular weight is 334 g/mol. The molecule has 1 aromatic carbocycles. The average Bonchev–Trinajstić information content (AvgIpc) is 3.08. The number of pyridine rings is 1. The molecule has 3 heterocycles. The molecule has 1 atom stereocenters. The molecule has 0 spiro atoms. The highest BCUT2D eigenvalue weighted by Gasteiger charge is 2.22. The van der Waals surface area contributed by atoms with Gasteiger partial charge in [0.2, 0.25) is 0 Å². The standard InChI is InChI=1S/C20H22N4O/c25-20(19-6-9-22-23-19)24-10-1-2-15(7-11-24)12-16-3-4-18-14-21-8-5-17(18)13-16/h3-6,8-9,13-15H,1-2,7,10-12H2,(H,22,23)/t15-/m0/s1. The van der Waals surface area contributed by atoms with Crippen LogP contribution in [0, 0.1) is 5.92 Å². The molecule has 0 bridgehead atoms. The minimum absolute atomic E-state index is 0.0661. The summed E-state index contributed by atoms with van der Waals surface area (Å²) in [5.41, 5.74) is 1.96. The van der Waals surface area contributed by atoms with E-state index in [1.165, 1.54) is 22.8 Å². The molecule has 25 heavy (non-hydrogen) atoms. The fourth-order valence-electron chi connectivity index (χ4n) is 3.71. The third-order valence-electron chi connectivity index (χ3n) is 5.10. The molecule has 1 saturated heterocycles. The Balaban J connectivity index is 1.41. The Morgan fingerprint density at radius 2 is 2.08 bits per heavy atom. The summed E-state index contributed by atoms with van der Waals surface area (Å²) in [6.45, 7) is 1.65. The van der Waals surface area contributed by atoms with Crippen molar-refractivity contribution in [3.8, 4) is 0 Å². The minimum atomic E-state index is 0.0661. The Hall–Kier alpha value is -2.69. The van der Waals surface area contributed by atoms with E-state index in [-0.39, 0.29) is 5.91 Å². The van der Waals surface area contributed by atoms with Crippen LogP contribution in [0.2, 0.25) is 0 Å². The summed E-state index contributed by atoms with van der Waals surface area (Å²) >= 11 is 0. The molecule has 3 aromatic rings. The molecule has 0 radical (unpaired) electrons. The van der Waals surface area contributed by atoms with Gasteiger partial charge < -0.3 is 4.90 Å². The number of aromatic amines is 1. The quantitative estimate of drug-likeness (QED) is 0.798. The fourth-order valence-corrected chi connectivity index (χ4v) is 3.71. The van der Waals surface area contributed by atoms with Crippen LogP contribution in [0.4, 0.5) is 0 Å². The number of aromatic nitrogens is 3. The lowest BCUT2D eigenvalue weighted by Gasteiger charge is -2.19. The second-order valence-electron chi connectivity index (χ2n) is 6.82. The van der Waals surface area contributed by atoms with Crippen molar-refractivity contribution in [2.24, 2.45) is 5.92 Å². The highest BCUT2D eigenvalue weighted by atomic mass is 16.2.